The van der Waals surface area contributed by atoms with Crippen molar-refractivity contribution >= 4 is 17.4 Å². The van der Waals surface area contributed by atoms with Gasteiger partial charge in [0.2, 0.25) is 0 Å². The van der Waals surface area contributed by atoms with Crippen LogP contribution in [0.1, 0.15) is 17.5 Å². The molecule has 0 fully saturated rings. The minimum Gasteiger partial charge on any atom is -0.350 e. The number of hydrogen-bond donors (Lipinski definition) is 0. The third-order valence-corrected chi connectivity index (χ3v) is 3.56. The molecule has 0 unspecified atom stereocenters. The van der Waals surface area contributed by atoms with E-state index in [1.807, 2.05) is 0 Å². The summed E-state index contributed by atoms with van der Waals surface area (Å²) in [7, 11) is 0. The number of hydrogen-bond acceptors (Lipinski definition) is 3. The highest BCUT2D eigenvalue weighted by molar-refractivity contribution is 6.31. The molecule has 2 heterocycles. The molecule has 0 bridgehead atoms. The average molecular weight is 260 g/mol. The average Bonchev–Trinajstić information content (AvgIpc) is 2.61. The summed E-state index contributed by atoms with van der Waals surface area (Å²) in [5.41, 5.74) is 2.79. The van der Waals surface area contributed by atoms with E-state index in [9.17, 15) is 0 Å². The Kier molecular flexibility index (Phi) is 3.15. The fraction of sp³-hybridized carbons (Fsp3) is 0.286. The molecule has 3 rings (SSSR count). The molecule has 0 saturated heterocycles. The quantitative estimate of drug-likeness (QED) is 0.788. The van der Waals surface area contributed by atoms with Gasteiger partial charge in [0.05, 0.1) is 0 Å². The van der Waals surface area contributed by atoms with Crippen LogP contribution in [0.5, 0.6) is 0 Å². The first kappa shape index (κ1) is 11.5. The molecule has 1 aromatic heterocycles. The molecule has 3 nitrogen and oxygen atoms in total. The molecule has 92 valence electrons. The van der Waals surface area contributed by atoms with E-state index in [2.05, 4.69) is 39.1 Å². The van der Waals surface area contributed by atoms with Crippen molar-refractivity contribution in [3.05, 3.63) is 52.9 Å². The van der Waals surface area contributed by atoms with Gasteiger partial charge < -0.3 is 4.90 Å². The lowest BCUT2D eigenvalue weighted by Gasteiger charge is -2.22. The number of fused-ring (bicyclic) bond motifs is 1. The van der Waals surface area contributed by atoms with Crippen LogP contribution in [0.25, 0.3) is 0 Å². The molecule has 1 aliphatic heterocycles. The monoisotopic (exact) mass is 259 g/mol. The lowest BCUT2D eigenvalue weighted by Crippen LogP contribution is -2.24. The molecule has 0 N–H and O–H groups in total. The van der Waals surface area contributed by atoms with Gasteiger partial charge in [-0.2, -0.15) is 0 Å². The molecule has 0 atom stereocenters. The first-order valence-corrected chi connectivity index (χ1v) is 6.50. The van der Waals surface area contributed by atoms with Crippen LogP contribution in [-0.2, 0) is 13.0 Å². The van der Waals surface area contributed by atoms with Crippen molar-refractivity contribution < 1.29 is 0 Å². The van der Waals surface area contributed by atoms with E-state index in [1.54, 1.807) is 12.4 Å². The van der Waals surface area contributed by atoms with Gasteiger partial charge in [-0.3, -0.25) is 0 Å². The molecular formula is C14H14ClN3. The van der Waals surface area contributed by atoms with Crippen LogP contribution < -0.4 is 4.90 Å². The number of aryl methyl sites for hydroxylation is 1. The number of halogens is 1. The van der Waals surface area contributed by atoms with E-state index in [-0.39, 0.29) is 0 Å². The number of benzene rings is 1. The van der Waals surface area contributed by atoms with E-state index in [0.717, 1.165) is 31.7 Å². The SMILES string of the molecule is Clc1nccnc1N1CCCc2ccccc2C1. The molecule has 0 spiro atoms. The van der Waals surface area contributed by atoms with Gasteiger partial charge in [-0.25, -0.2) is 9.97 Å². The maximum Gasteiger partial charge on any atom is 0.171 e. The van der Waals surface area contributed by atoms with Crippen LogP contribution in [0.3, 0.4) is 0 Å². The highest BCUT2D eigenvalue weighted by Crippen LogP contribution is 2.26. The fourth-order valence-corrected chi connectivity index (χ4v) is 2.63. The van der Waals surface area contributed by atoms with Crippen molar-refractivity contribution in [2.24, 2.45) is 0 Å². The van der Waals surface area contributed by atoms with Crippen LogP contribution in [0.2, 0.25) is 5.15 Å². The first-order valence-electron chi connectivity index (χ1n) is 6.13. The Morgan fingerprint density at radius 3 is 2.67 bits per heavy atom. The number of nitrogens with zero attached hydrogens (tertiary/aromatic N) is 3. The Morgan fingerprint density at radius 1 is 1.06 bits per heavy atom. The molecule has 1 aliphatic rings. The van der Waals surface area contributed by atoms with Gasteiger partial charge in [0, 0.05) is 25.5 Å². The third-order valence-electron chi connectivity index (χ3n) is 3.29. The lowest BCUT2D eigenvalue weighted by molar-refractivity contribution is 0.752. The molecule has 0 saturated carbocycles. The summed E-state index contributed by atoms with van der Waals surface area (Å²) in [5.74, 6) is 0.788. The van der Waals surface area contributed by atoms with Gasteiger partial charge >= 0.3 is 0 Å². The van der Waals surface area contributed by atoms with E-state index in [1.165, 1.54) is 11.1 Å². The smallest absolute Gasteiger partial charge is 0.171 e. The van der Waals surface area contributed by atoms with Gasteiger partial charge in [-0.15, -0.1) is 0 Å². The Morgan fingerprint density at radius 2 is 1.83 bits per heavy atom. The zero-order valence-corrected chi connectivity index (χ0v) is 10.8. The van der Waals surface area contributed by atoms with Gasteiger partial charge in [0.15, 0.2) is 11.0 Å². The summed E-state index contributed by atoms with van der Waals surface area (Å²) in [4.78, 5) is 10.7. The van der Waals surface area contributed by atoms with Crippen molar-refractivity contribution in [1.82, 2.24) is 9.97 Å². The minimum absolute atomic E-state index is 0.483. The highest BCUT2D eigenvalue weighted by Gasteiger charge is 2.17. The summed E-state index contributed by atoms with van der Waals surface area (Å²) in [6.07, 6.45) is 5.55. The Labute approximate surface area is 111 Å². The number of rotatable bonds is 1. The summed E-state index contributed by atoms with van der Waals surface area (Å²) >= 11 is 6.12. The summed E-state index contributed by atoms with van der Waals surface area (Å²) in [5, 5.41) is 0.483. The maximum atomic E-state index is 6.12. The van der Waals surface area contributed by atoms with Gasteiger partial charge in [-0.1, -0.05) is 35.9 Å². The van der Waals surface area contributed by atoms with Crippen LogP contribution in [0.15, 0.2) is 36.7 Å². The Bertz CT molecular complexity index is 556. The van der Waals surface area contributed by atoms with Crippen LogP contribution >= 0.6 is 11.6 Å². The molecule has 1 aromatic carbocycles. The zero-order valence-electron chi connectivity index (χ0n) is 10.0. The normalized spacial score (nSPS) is 15.1. The fourth-order valence-electron chi connectivity index (χ4n) is 2.41. The summed E-state index contributed by atoms with van der Waals surface area (Å²) in [6.45, 7) is 1.82. The summed E-state index contributed by atoms with van der Waals surface area (Å²) < 4.78 is 0. The molecule has 0 radical (unpaired) electrons. The van der Waals surface area contributed by atoms with E-state index < -0.39 is 0 Å². The van der Waals surface area contributed by atoms with Crippen molar-refractivity contribution in [3.8, 4) is 0 Å². The van der Waals surface area contributed by atoms with Gasteiger partial charge in [-0.05, 0) is 24.0 Å². The maximum absolute atomic E-state index is 6.12. The predicted octanol–water partition coefficient (Wildman–Crippen LogP) is 3.08. The highest BCUT2D eigenvalue weighted by atomic mass is 35.5. The Hall–Kier alpha value is -1.61. The molecule has 4 heteroatoms. The molecule has 2 aromatic rings. The molecule has 0 aliphatic carbocycles. The lowest BCUT2D eigenvalue weighted by atomic mass is 10.0. The Balaban J connectivity index is 1.94. The van der Waals surface area contributed by atoms with Crippen LogP contribution in [0, 0.1) is 0 Å². The van der Waals surface area contributed by atoms with E-state index in [4.69, 9.17) is 11.6 Å². The second-order valence-corrected chi connectivity index (χ2v) is 4.82. The first-order chi connectivity index (χ1) is 8.84. The summed E-state index contributed by atoms with van der Waals surface area (Å²) in [6, 6.07) is 8.57. The van der Waals surface area contributed by atoms with Gasteiger partial charge in [0.1, 0.15) is 0 Å². The predicted molar refractivity (Wildman–Crippen MR) is 72.9 cm³/mol. The van der Waals surface area contributed by atoms with E-state index in [0.29, 0.717) is 5.15 Å². The topological polar surface area (TPSA) is 29.0 Å². The molecule has 0 amide bonds. The molecule has 18 heavy (non-hydrogen) atoms. The standard InChI is InChI=1S/C14H14ClN3/c15-13-14(17-8-7-16-13)18-9-3-6-11-4-1-2-5-12(11)10-18/h1-2,4-5,7-8H,3,6,9-10H2. The van der Waals surface area contributed by atoms with Crippen molar-refractivity contribution in [3.63, 3.8) is 0 Å². The van der Waals surface area contributed by atoms with Crippen molar-refractivity contribution in [2.75, 3.05) is 11.4 Å². The number of aromatic nitrogens is 2. The zero-order chi connectivity index (χ0) is 12.4. The van der Waals surface area contributed by atoms with Crippen LogP contribution in [0.4, 0.5) is 5.82 Å². The number of anilines is 1. The molecular weight excluding hydrogens is 246 g/mol. The van der Waals surface area contributed by atoms with Crippen LogP contribution in [-0.4, -0.2) is 16.5 Å². The van der Waals surface area contributed by atoms with E-state index >= 15 is 0 Å². The van der Waals surface area contributed by atoms with Crippen molar-refractivity contribution in [2.45, 2.75) is 19.4 Å². The second-order valence-electron chi connectivity index (χ2n) is 4.46. The third kappa shape index (κ3) is 2.18. The van der Waals surface area contributed by atoms with Gasteiger partial charge in [0.25, 0.3) is 0 Å². The largest absolute Gasteiger partial charge is 0.350 e. The minimum atomic E-state index is 0.483. The second kappa shape index (κ2) is 4.94. The van der Waals surface area contributed by atoms with Crippen molar-refractivity contribution in [1.29, 1.82) is 0 Å².